The summed E-state index contributed by atoms with van der Waals surface area (Å²) in [7, 11) is 1.64. The summed E-state index contributed by atoms with van der Waals surface area (Å²) in [4.78, 5) is 0. The third-order valence-corrected chi connectivity index (χ3v) is 3.88. The largest absolute Gasteiger partial charge is 0.496 e. The molecule has 1 heterocycles. The molecular formula is C17H19NO3. The van der Waals surface area contributed by atoms with E-state index in [1.807, 2.05) is 48.5 Å². The fraction of sp³-hybridized carbons (Fsp3) is 0.294. The first-order chi connectivity index (χ1) is 10.2. The van der Waals surface area contributed by atoms with E-state index in [4.69, 9.17) is 15.2 Å². The van der Waals surface area contributed by atoms with Crippen LogP contribution < -0.4 is 15.2 Å². The number of para-hydroxylation sites is 2. The van der Waals surface area contributed by atoms with Gasteiger partial charge in [-0.2, -0.15) is 0 Å². The van der Waals surface area contributed by atoms with E-state index in [1.54, 1.807) is 7.11 Å². The summed E-state index contributed by atoms with van der Waals surface area (Å²) in [5.41, 5.74) is 7.82. The van der Waals surface area contributed by atoms with Gasteiger partial charge in [-0.3, -0.25) is 0 Å². The standard InChI is InChI=1S/C17H19NO3/c1-20-14-8-4-2-6-11(14)16-10-13(18)17(19)12-7-3-5-9-15(12)21-16/h2-9,13,16-17,19H,10,18H2,1H3. The maximum atomic E-state index is 10.4. The molecule has 0 fully saturated rings. The molecule has 2 aromatic rings. The third kappa shape index (κ3) is 2.60. The number of ether oxygens (including phenoxy) is 2. The highest BCUT2D eigenvalue weighted by Crippen LogP contribution is 2.40. The van der Waals surface area contributed by atoms with Gasteiger partial charge in [0.25, 0.3) is 0 Å². The zero-order valence-electron chi connectivity index (χ0n) is 11.9. The van der Waals surface area contributed by atoms with E-state index in [2.05, 4.69) is 0 Å². The van der Waals surface area contributed by atoms with Crippen molar-refractivity contribution in [2.24, 2.45) is 5.73 Å². The number of fused-ring (bicyclic) bond motifs is 1. The normalized spacial score (nSPS) is 24.6. The number of hydrogen-bond donors (Lipinski definition) is 2. The van der Waals surface area contributed by atoms with Gasteiger partial charge in [0.15, 0.2) is 0 Å². The number of aliphatic hydroxyl groups excluding tert-OH is 1. The second-order valence-corrected chi connectivity index (χ2v) is 5.23. The van der Waals surface area contributed by atoms with E-state index < -0.39 is 6.10 Å². The van der Waals surface area contributed by atoms with Crippen LogP contribution in [0.25, 0.3) is 0 Å². The Morgan fingerprint density at radius 1 is 1.10 bits per heavy atom. The molecule has 110 valence electrons. The van der Waals surface area contributed by atoms with Gasteiger partial charge < -0.3 is 20.3 Å². The molecular weight excluding hydrogens is 266 g/mol. The van der Waals surface area contributed by atoms with Crippen molar-refractivity contribution in [3.8, 4) is 11.5 Å². The van der Waals surface area contributed by atoms with Gasteiger partial charge in [-0.15, -0.1) is 0 Å². The van der Waals surface area contributed by atoms with E-state index in [0.29, 0.717) is 12.2 Å². The third-order valence-electron chi connectivity index (χ3n) is 3.88. The Hall–Kier alpha value is -2.04. The Kier molecular flexibility index (Phi) is 3.82. The molecule has 21 heavy (non-hydrogen) atoms. The number of methoxy groups -OCH3 is 1. The van der Waals surface area contributed by atoms with E-state index in [0.717, 1.165) is 16.9 Å². The maximum absolute atomic E-state index is 10.4. The average molecular weight is 285 g/mol. The quantitative estimate of drug-likeness (QED) is 0.890. The van der Waals surface area contributed by atoms with Crippen molar-refractivity contribution < 1.29 is 14.6 Å². The van der Waals surface area contributed by atoms with E-state index in [1.165, 1.54) is 0 Å². The molecule has 0 aliphatic carbocycles. The lowest BCUT2D eigenvalue weighted by Gasteiger charge is -2.21. The van der Waals surface area contributed by atoms with Gasteiger partial charge in [0, 0.05) is 23.6 Å². The Morgan fingerprint density at radius 3 is 2.52 bits per heavy atom. The van der Waals surface area contributed by atoms with Crippen molar-refractivity contribution in [2.45, 2.75) is 24.7 Å². The van der Waals surface area contributed by atoms with E-state index in [9.17, 15) is 5.11 Å². The predicted molar refractivity (Wildman–Crippen MR) is 80.4 cm³/mol. The smallest absolute Gasteiger partial charge is 0.129 e. The van der Waals surface area contributed by atoms with Crippen LogP contribution in [0, 0.1) is 0 Å². The number of benzene rings is 2. The Bertz CT molecular complexity index is 629. The number of hydrogen-bond acceptors (Lipinski definition) is 4. The van der Waals surface area contributed by atoms with Gasteiger partial charge in [0.2, 0.25) is 0 Å². The molecule has 4 nitrogen and oxygen atoms in total. The first kappa shape index (κ1) is 13.9. The molecule has 1 aliphatic heterocycles. The topological polar surface area (TPSA) is 64.7 Å². The predicted octanol–water partition coefficient (Wildman–Crippen LogP) is 2.58. The summed E-state index contributed by atoms with van der Waals surface area (Å²) >= 11 is 0. The van der Waals surface area contributed by atoms with Gasteiger partial charge in [-0.25, -0.2) is 0 Å². The highest BCUT2D eigenvalue weighted by Gasteiger charge is 2.31. The van der Waals surface area contributed by atoms with Crippen LogP contribution in [0.1, 0.15) is 29.8 Å². The van der Waals surface area contributed by atoms with Gasteiger partial charge in [-0.1, -0.05) is 36.4 Å². The SMILES string of the molecule is COc1ccccc1C1CC(N)C(O)c2ccccc2O1. The summed E-state index contributed by atoms with van der Waals surface area (Å²) in [5.74, 6) is 1.44. The molecule has 3 atom stereocenters. The first-order valence-electron chi connectivity index (χ1n) is 7.03. The lowest BCUT2D eigenvalue weighted by molar-refractivity contribution is 0.130. The maximum Gasteiger partial charge on any atom is 0.129 e. The second-order valence-electron chi connectivity index (χ2n) is 5.23. The molecule has 4 heteroatoms. The van der Waals surface area contributed by atoms with Gasteiger partial charge in [0.1, 0.15) is 17.6 Å². The van der Waals surface area contributed by atoms with Gasteiger partial charge in [0.05, 0.1) is 13.2 Å². The summed E-state index contributed by atoms with van der Waals surface area (Å²) in [5, 5.41) is 10.4. The van der Waals surface area contributed by atoms with E-state index in [-0.39, 0.29) is 12.1 Å². The molecule has 0 bridgehead atoms. The monoisotopic (exact) mass is 285 g/mol. The lowest BCUT2D eigenvalue weighted by Crippen LogP contribution is -2.29. The van der Waals surface area contributed by atoms with Crippen molar-refractivity contribution in [1.29, 1.82) is 0 Å². The molecule has 0 saturated carbocycles. The molecule has 3 rings (SSSR count). The summed E-state index contributed by atoms with van der Waals surface area (Å²) in [6.45, 7) is 0. The Morgan fingerprint density at radius 2 is 1.76 bits per heavy atom. The molecule has 0 saturated heterocycles. The molecule has 3 N–H and O–H groups in total. The van der Waals surface area contributed by atoms with Gasteiger partial charge in [-0.05, 0) is 12.1 Å². The summed E-state index contributed by atoms with van der Waals surface area (Å²) < 4.78 is 11.5. The van der Waals surface area contributed by atoms with Crippen molar-refractivity contribution in [1.82, 2.24) is 0 Å². The summed E-state index contributed by atoms with van der Waals surface area (Å²) in [6.07, 6.45) is -0.439. The molecule has 3 unspecified atom stereocenters. The fourth-order valence-electron chi connectivity index (χ4n) is 2.76. The van der Waals surface area contributed by atoms with Crippen LogP contribution in [-0.4, -0.2) is 18.3 Å². The van der Waals surface area contributed by atoms with Crippen LogP contribution in [0.3, 0.4) is 0 Å². The summed E-state index contributed by atoms with van der Waals surface area (Å²) in [6, 6.07) is 14.8. The van der Waals surface area contributed by atoms with Crippen LogP contribution >= 0.6 is 0 Å². The lowest BCUT2D eigenvalue weighted by atomic mass is 9.96. The number of rotatable bonds is 2. The Balaban J connectivity index is 2.02. The van der Waals surface area contributed by atoms with Crippen molar-refractivity contribution in [2.75, 3.05) is 7.11 Å². The van der Waals surface area contributed by atoms with Crippen LogP contribution in [-0.2, 0) is 0 Å². The first-order valence-corrected chi connectivity index (χ1v) is 7.03. The molecule has 2 aromatic carbocycles. The van der Waals surface area contributed by atoms with Crippen LogP contribution in [0.4, 0.5) is 0 Å². The van der Waals surface area contributed by atoms with Crippen LogP contribution in [0.2, 0.25) is 0 Å². The van der Waals surface area contributed by atoms with Crippen molar-refractivity contribution in [3.63, 3.8) is 0 Å². The molecule has 0 aromatic heterocycles. The average Bonchev–Trinajstić information content (AvgIpc) is 2.65. The van der Waals surface area contributed by atoms with Crippen LogP contribution in [0.5, 0.6) is 11.5 Å². The molecule has 0 spiro atoms. The minimum Gasteiger partial charge on any atom is -0.496 e. The van der Waals surface area contributed by atoms with Crippen molar-refractivity contribution >= 4 is 0 Å². The highest BCUT2D eigenvalue weighted by molar-refractivity contribution is 5.41. The highest BCUT2D eigenvalue weighted by atomic mass is 16.5. The van der Waals surface area contributed by atoms with Crippen molar-refractivity contribution in [3.05, 3.63) is 59.7 Å². The zero-order valence-corrected chi connectivity index (χ0v) is 11.9. The second kappa shape index (κ2) is 5.76. The van der Waals surface area contributed by atoms with Crippen LogP contribution in [0.15, 0.2) is 48.5 Å². The minimum absolute atomic E-state index is 0.241. The molecule has 1 aliphatic rings. The Labute approximate surface area is 124 Å². The zero-order chi connectivity index (χ0) is 14.8. The minimum atomic E-state index is -0.721. The molecule has 0 radical (unpaired) electrons. The molecule has 0 amide bonds. The van der Waals surface area contributed by atoms with E-state index >= 15 is 0 Å². The number of aliphatic hydroxyl groups is 1. The van der Waals surface area contributed by atoms with Gasteiger partial charge >= 0.3 is 0 Å². The fourth-order valence-corrected chi connectivity index (χ4v) is 2.76. The number of nitrogens with two attached hydrogens (primary N) is 1.